The van der Waals surface area contributed by atoms with Crippen molar-refractivity contribution in [3.8, 4) is 5.19 Å². The number of aromatic nitrogens is 1. The Hall–Kier alpha value is -0.0900. The molecule has 1 rings (SSSR count). The number of alkyl halides is 1. The molecule has 0 saturated carbocycles. The summed E-state index contributed by atoms with van der Waals surface area (Å²) in [5.74, 6) is 0.524. The van der Waals surface area contributed by atoms with Gasteiger partial charge in [0.15, 0.2) is 0 Å². The summed E-state index contributed by atoms with van der Waals surface area (Å²) in [5.41, 5.74) is 0. The molecule has 1 unspecified atom stereocenters. The average molecular weight is 236 g/mol. The van der Waals surface area contributed by atoms with Crippen molar-refractivity contribution >= 4 is 27.3 Å². The molecule has 4 heteroatoms. The van der Waals surface area contributed by atoms with E-state index in [0.717, 1.165) is 10.5 Å². The Morgan fingerprint density at radius 3 is 3.00 bits per heavy atom. The van der Waals surface area contributed by atoms with Gasteiger partial charge in [-0.25, -0.2) is 4.98 Å². The number of nitrogens with zero attached hydrogens (tertiary/aromatic N) is 1. The van der Waals surface area contributed by atoms with Gasteiger partial charge < -0.3 is 4.74 Å². The van der Waals surface area contributed by atoms with Crippen molar-refractivity contribution < 1.29 is 4.74 Å². The Kier molecular flexibility index (Phi) is 3.33. The molecule has 0 aromatic carbocycles. The van der Waals surface area contributed by atoms with Gasteiger partial charge in [0, 0.05) is 22.3 Å². The number of halogens is 1. The molecule has 2 nitrogen and oxygen atoms in total. The maximum atomic E-state index is 4.98. The fourth-order valence-corrected chi connectivity index (χ4v) is 2.01. The van der Waals surface area contributed by atoms with Crippen molar-refractivity contribution in [3.63, 3.8) is 0 Å². The lowest BCUT2D eigenvalue weighted by Crippen LogP contribution is -1.88. The molecule has 1 aromatic rings. The van der Waals surface area contributed by atoms with Crippen molar-refractivity contribution in [2.24, 2.45) is 0 Å². The standard InChI is InChI=1S/C7H10BrNOS/c1-5(3-8)6-4-9-7(10-2)11-6/h4-5H,3H2,1-2H3. The van der Waals surface area contributed by atoms with Crippen molar-refractivity contribution in [3.05, 3.63) is 11.1 Å². The second kappa shape index (κ2) is 4.07. The van der Waals surface area contributed by atoms with Gasteiger partial charge in [0.2, 0.25) is 0 Å². The summed E-state index contributed by atoms with van der Waals surface area (Å²) in [7, 11) is 1.64. The molecule has 0 saturated heterocycles. The van der Waals surface area contributed by atoms with Gasteiger partial charge in [0.1, 0.15) is 0 Å². The molecule has 11 heavy (non-hydrogen) atoms. The van der Waals surface area contributed by atoms with Crippen LogP contribution in [0.25, 0.3) is 0 Å². The van der Waals surface area contributed by atoms with E-state index in [9.17, 15) is 0 Å². The van der Waals surface area contributed by atoms with Crippen LogP contribution in [0.3, 0.4) is 0 Å². The summed E-state index contributed by atoms with van der Waals surface area (Å²) in [6, 6.07) is 0. The number of ether oxygens (including phenoxy) is 1. The molecule has 0 bridgehead atoms. The smallest absolute Gasteiger partial charge is 0.273 e. The third kappa shape index (κ3) is 2.17. The van der Waals surface area contributed by atoms with Crippen LogP contribution in [-0.2, 0) is 0 Å². The fraction of sp³-hybridized carbons (Fsp3) is 0.571. The molecule has 0 aliphatic rings. The zero-order valence-electron chi connectivity index (χ0n) is 6.50. The highest BCUT2D eigenvalue weighted by molar-refractivity contribution is 9.09. The van der Waals surface area contributed by atoms with Gasteiger partial charge in [-0.1, -0.05) is 34.2 Å². The van der Waals surface area contributed by atoms with Gasteiger partial charge in [-0.3, -0.25) is 0 Å². The lowest BCUT2D eigenvalue weighted by Gasteiger charge is -2.00. The van der Waals surface area contributed by atoms with Crippen LogP contribution in [0, 0.1) is 0 Å². The van der Waals surface area contributed by atoms with E-state index < -0.39 is 0 Å². The van der Waals surface area contributed by atoms with E-state index in [1.807, 2.05) is 6.20 Å². The minimum Gasteiger partial charge on any atom is -0.473 e. The molecule has 1 heterocycles. The minimum absolute atomic E-state index is 0.524. The molecule has 0 spiro atoms. The summed E-state index contributed by atoms with van der Waals surface area (Å²) in [5, 5.41) is 1.71. The predicted octanol–water partition coefficient (Wildman–Crippen LogP) is 2.65. The zero-order chi connectivity index (χ0) is 8.27. The predicted molar refractivity (Wildman–Crippen MR) is 50.9 cm³/mol. The van der Waals surface area contributed by atoms with E-state index in [0.29, 0.717) is 5.92 Å². The van der Waals surface area contributed by atoms with Gasteiger partial charge >= 0.3 is 0 Å². The summed E-state index contributed by atoms with van der Waals surface area (Å²) >= 11 is 5.02. The first kappa shape index (κ1) is 9.00. The van der Waals surface area contributed by atoms with Gasteiger partial charge in [-0.05, 0) is 0 Å². The van der Waals surface area contributed by atoms with Crippen LogP contribution in [0.2, 0.25) is 0 Å². The molecule has 1 aromatic heterocycles. The third-order valence-corrected chi connectivity index (χ3v) is 3.56. The maximum Gasteiger partial charge on any atom is 0.273 e. The summed E-state index contributed by atoms with van der Waals surface area (Å²) in [6.07, 6.45) is 1.87. The number of rotatable bonds is 3. The normalized spacial score (nSPS) is 13.0. The first-order valence-corrected chi connectivity index (χ1v) is 5.27. The van der Waals surface area contributed by atoms with E-state index in [-0.39, 0.29) is 0 Å². The highest BCUT2D eigenvalue weighted by atomic mass is 79.9. The molecule has 1 atom stereocenters. The summed E-state index contributed by atoms with van der Waals surface area (Å²) in [4.78, 5) is 5.34. The highest BCUT2D eigenvalue weighted by Gasteiger charge is 2.07. The molecule has 0 amide bonds. The topological polar surface area (TPSA) is 22.1 Å². The Balaban J connectivity index is 2.71. The Morgan fingerprint density at radius 2 is 2.55 bits per heavy atom. The SMILES string of the molecule is COc1ncc(C(C)CBr)s1. The second-order valence-corrected chi connectivity index (χ2v) is 3.96. The summed E-state index contributed by atoms with van der Waals surface area (Å²) < 4.78 is 4.98. The van der Waals surface area contributed by atoms with Crippen molar-refractivity contribution in [2.45, 2.75) is 12.8 Å². The molecular weight excluding hydrogens is 226 g/mol. The lowest BCUT2D eigenvalue weighted by molar-refractivity contribution is 0.412. The van der Waals surface area contributed by atoms with Crippen LogP contribution < -0.4 is 4.74 Å². The van der Waals surface area contributed by atoms with Gasteiger partial charge in [-0.15, -0.1) is 0 Å². The molecule has 0 aliphatic carbocycles. The average Bonchev–Trinajstić information content (AvgIpc) is 2.50. The van der Waals surface area contributed by atoms with Crippen LogP contribution in [0.1, 0.15) is 17.7 Å². The van der Waals surface area contributed by atoms with Crippen molar-refractivity contribution in [1.29, 1.82) is 0 Å². The van der Waals surface area contributed by atoms with Gasteiger partial charge in [0.25, 0.3) is 5.19 Å². The van der Waals surface area contributed by atoms with Crippen LogP contribution in [0.4, 0.5) is 0 Å². The highest BCUT2D eigenvalue weighted by Crippen LogP contribution is 2.27. The lowest BCUT2D eigenvalue weighted by atomic mass is 10.2. The molecule has 0 radical (unpaired) electrons. The number of hydrogen-bond acceptors (Lipinski definition) is 3. The van der Waals surface area contributed by atoms with E-state index in [1.54, 1.807) is 18.4 Å². The van der Waals surface area contributed by atoms with Crippen LogP contribution in [0.5, 0.6) is 5.19 Å². The van der Waals surface area contributed by atoms with Gasteiger partial charge in [-0.2, -0.15) is 0 Å². The molecule has 0 N–H and O–H groups in total. The zero-order valence-corrected chi connectivity index (χ0v) is 8.91. The summed E-state index contributed by atoms with van der Waals surface area (Å²) in [6.45, 7) is 2.15. The van der Waals surface area contributed by atoms with E-state index in [1.165, 1.54) is 4.88 Å². The Bertz CT molecular complexity index is 226. The molecule has 62 valence electrons. The number of thiazole rings is 1. The largest absolute Gasteiger partial charge is 0.473 e. The third-order valence-electron chi connectivity index (χ3n) is 1.39. The minimum atomic E-state index is 0.524. The van der Waals surface area contributed by atoms with E-state index in [2.05, 4.69) is 27.8 Å². The second-order valence-electron chi connectivity index (χ2n) is 2.29. The van der Waals surface area contributed by atoms with Gasteiger partial charge in [0.05, 0.1) is 7.11 Å². The van der Waals surface area contributed by atoms with Crippen LogP contribution in [-0.4, -0.2) is 17.4 Å². The Morgan fingerprint density at radius 1 is 1.82 bits per heavy atom. The molecular formula is C7H10BrNOS. The first-order chi connectivity index (χ1) is 5.27. The van der Waals surface area contributed by atoms with E-state index in [4.69, 9.17) is 4.74 Å². The molecule has 0 fully saturated rings. The maximum absolute atomic E-state index is 4.98. The number of methoxy groups -OCH3 is 1. The van der Waals surface area contributed by atoms with Crippen molar-refractivity contribution in [2.75, 3.05) is 12.4 Å². The van der Waals surface area contributed by atoms with Crippen LogP contribution >= 0.6 is 27.3 Å². The Labute approximate surface area is 78.7 Å². The number of hydrogen-bond donors (Lipinski definition) is 0. The monoisotopic (exact) mass is 235 g/mol. The first-order valence-electron chi connectivity index (χ1n) is 3.33. The van der Waals surface area contributed by atoms with Crippen LogP contribution in [0.15, 0.2) is 6.20 Å². The quantitative estimate of drug-likeness (QED) is 0.752. The van der Waals surface area contributed by atoms with E-state index >= 15 is 0 Å². The van der Waals surface area contributed by atoms with Crippen molar-refractivity contribution in [1.82, 2.24) is 4.98 Å². The fourth-order valence-electron chi connectivity index (χ4n) is 0.668. The molecule has 0 aliphatic heterocycles.